The summed E-state index contributed by atoms with van der Waals surface area (Å²) in [4.78, 5) is 14.7. The maximum absolute atomic E-state index is 12.0. The number of hydrogen-bond acceptors (Lipinski definition) is 4. The maximum Gasteiger partial charge on any atom is 0.296 e. The molecule has 0 N–H and O–H groups in total. The summed E-state index contributed by atoms with van der Waals surface area (Å²) in [5.74, 6) is -0.373. The van der Waals surface area contributed by atoms with Crippen molar-refractivity contribution >= 4 is 5.78 Å². The lowest BCUT2D eigenvalue weighted by Gasteiger charge is -1.99. The molecule has 0 atom stereocenters. The average Bonchev–Trinajstić information content (AvgIpc) is 2.85. The van der Waals surface area contributed by atoms with Crippen molar-refractivity contribution in [1.29, 1.82) is 0 Å². The normalized spacial score (nSPS) is 17.2. The van der Waals surface area contributed by atoms with E-state index in [1.807, 2.05) is 0 Å². The fourth-order valence-electron chi connectivity index (χ4n) is 1.92. The van der Waals surface area contributed by atoms with E-state index in [2.05, 4.69) is 10.1 Å². The van der Waals surface area contributed by atoms with Crippen LogP contribution in [-0.2, 0) is 11.2 Å². The van der Waals surface area contributed by atoms with Crippen molar-refractivity contribution < 1.29 is 18.1 Å². The number of alkyl halides is 2. The van der Waals surface area contributed by atoms with Crippen molar-refractivity contribution in [3.8, 4) is 0 Å². The zero-order chi connectivity index (χ0) is 11.5. The SMILES string of the molecule is O=C(Cc1nc(C2CCCC2)no1)C(F)F. The van der Waals surface area contributed by atoms with Crippen LogP contribution >= 0.6 is 0 Å². The molecule has 6 heteroatoms. The minimum Gasteiger partial charge on any atom is -0.339 e. The summed E-state index contributed by atoms with van der Waals surface area (Å²) in [7, 11) is 0. The maximum atomic E-state index is 12.0. The number of carbonyl (C=O) groups is 1. The Morgan fingerprint density at radius 3 is 2.75 bits per heavy atom. The molecule has 1 aliphatic rings. The van der Waals surface area contributed by atoms with Gasteiger partial charge in [0.25, 0.3) is 6.43 Å². The first-order valence-corrected chi connectivity index (χ1v) is 5.30. The lowest BCUT2D eigenvalue weighted by molar-refractivity contribution is -0.129. The third-order valence-electron chi connectivity index (χ3n) is 2.77. The van der Waals surface area contributed by atoms with Gasteiger partial charge in [0, 0.05) is 5.92 Å². The molecule has 88 valence electrons. The summed E-state index contributed by atoms with van der Waals surface area (Å²) < 4.78 is 28.7. The molecule has 0 radical (unpaired) electrons. The molecule has 0 bridgehead atoms. The van der Waals surface area contributed by atoms with Gasteiger partial charge in [-0.15, -0.1) is 0 Å². The molecule has 1 fully saturated rings. The van der Waals surface area contributed by atoms with Gasteiger partial charge in [-0.3, -0.25) is 4.79 Å². The van der Waals surface area contributed by atoms with E-state index in [1.54, 1.807) is 0 Å². The van der Waals surface area contributed by atoms with Crippen molar-refractivity contribution in [1.82, 2.24) is 10.1 Å². The van der Waals surface area contributed by atoms with Gasteiger partial charge < -0.3 is 4.52 Å². The summed E-state index contributed by atoms with van der Waals surface area (Å²) in [5, 5.41) is 3.73. The molecular weight excluding hydrogens is 218 g/mol. The Kier molecular flexibility index (Phi) is 3.26. The van der Waals surface area contributed by atoms with Crippen LogP contribution in [0, 0.1) is 0 Å². The van der Waals surface area contributed by atoms with Crippen LogP contribution in [0.4, 0.5) is 8.78 Å². The molecule has 0 unspecified atom stereocenters. The Labute approximate surface area is 91.0 Å². The molecule has 16 heavy (non-hydrogen) atoms. The molecule has 2 rings (SSSR count). The average molecular weight is 230 g/mol. The quantitative estimate of drug-likeness (QED) is 0.794. The van der Waals surface area contributed by atoms with Crippen LogP contribution in [0.15, 0.2) is 4.52 Å². The molecule has 1 aromatic rings. The monoisotopic (exact) mass is 230 g/mol. The van der Waals surface area contributed by atoms with Gasteiger partial charge in [-0.1, -0.05) is 18.0 Å². The number of halogens is 2. The van der Waals surface area contributed by atoms with Gasteiger partial charge in [0.15, 0.2) is 5.82 Å². The fourth-order valence-corrected chi connectivity index (χ4v) is 1.92. The Balaban J connectivity index is 1.99. The van der Waals surface area contributed by atoms with Gasteiger partial charge in [0.2, 0.25) is 11.7 Å². The molecule has 4 nitrogen and oxygen atoms in total. The van der Waals surface area contributed by atoms with Gasteiger partial charge >= 0.3 is 0 Å². The predicted octanol–water partition coefficient (Wildman–Crippen LogP) is 2.10. The van der Waals surface area contributed by atoms with Crippen molar-refractivity contribution in [2.75, 3.05) is 0 Å². The summed E-state index contributed by atoms with van der Waals surface area (Å²) in [6, 6.07) is 0. The third kappa shape index (κ3) is 2.43. The second-order valence-electron chi connectivity index (χ2n) is 3.97. The van der Waals surface area contributed by atoms with E-state index in [9.17, 15) is 13.6 Å². The highest BCUT2D eigenvalue weighted by Crippen LogP contribution is 2.32. The lowest BCUT2D eigenvalue weighted by Crippen LogP contribution is -2.13. The van der Waals surface area contributed by atoms with E-state index in [4.69, 9.17) is 4.52 Å². The number of ketones is 1. The number of carbonyl (C=O) groups excluding carboxylic acids is 1. The van der Waals surface area contributed by atoms with E-state index in [0.29, 0.717) is 5.82 Å². The van der Waals surface area contributed by atoms with Crippen molar-refractivity contribution in [2.45, 2.75) is 44.4 Å². The number of aromatic nitrogens is 2. The third-order valence-corrected chi connectivity index (χ3v) is 2.77. The second-order valence-corrected chi connectivity index (χ2v) is 3.97. The number of Topliss-reactive ketones (excluding diaryl/α,β-unsaturated/α-hetero) is 1. The number of nitrogens with zero attached hydrogens (tertiary/aromatic N) is 2. The molecule has 0 aliphatic heterocycles. The fraction of sp³-hybridized carbons (Fsp3) is 0.700. The Hall–Kier alpha value is -1.33. The smallest absolute Gasteiger partial charge is 0.296 e. The summed E-state index contributed by atoms with van der Waals surface area (Å²) >= 11 is 0. The van der Waals surface area contributed by atoms with Gasteiger partial charge in [-0.2, -0.15) is 4.98 Å². The Morgan fingerprint density at radius 1 is 1.44 bits per heavy atom. The van der Waals surface area contributed by atoms with Crippen LogP contribution in [0.2, 0.25) is 0 Å². The minimum absolute atomic E-state index is 0.00722. The topological polar surface area (TPSA) is 56.0 Å². The molecule has 1 heterocycles. The molecule has 1 saturated carbocycles. The zero-order valence-corrected chi connectivity index (χ0v) is 8.66. The van der Waals surface area contributed by atoms with Crippen LogP contribution < -0.4 is 0 Å². The molecule has 1 aliphatic carbocycles. The molecule has 0 aromatic carbocycles. The van der Waals surface area contributed by atoms with E-state index in [-0.39, 0.29) is 11.8 Å². The Morgan fingerprint density at radius 2 is 2.12 bits per heavy atom. The molecule has 0 amide bonds. The minimum atomic E-state index is -2.97. The summed E-state index contributed by atoms with van der Waals surface area (Å²) in [6.07, 6.45) is 0.817. The van der Waals surface area contributed by atoms with Crippen molar-refractivity contribution in [3.63, 3.8) is 0 Å². The lowest BCUT2D eigenvalue weighted by atomic mass is 10.1. The highest BCUT2D eigenvalue weighted by molar-refractivity contribution is 5.82. The van der Waals surface area contributed by atoms with E-state index >= 15 is 0 Å². The molecular formula is C10H12F2N2O2. The highest BCUT2D eigenvalue weighted by atomic mass is 19.3. The molecule has 1 aromatic heterocycles. The highest BCUT2D eigenvalue weighted by Gasteiger charge is 2.24. The first-order chi connectivity index (χ1) is 7.66. The van der Waals surface area contributed by atoms with E-state index < -0.39 is 18.6 Å². The van der Waals surface area contributed by atoms with Crippen molar-refractivity contribution in [3.05, 3.63) is 11.7 Å². The van der Waals surface area contributed by atoms with Gasteiger partial charge in [0.05, 0.1) is 6.42 Å². The first-order valence-electron chi connectivity index (χ1n) is 5.30. The molecule has 0 spiro atoms. The summed E-state index contributed by atoms with van der Waals surface area (Å²) in [6.45, 7) is 0. The van der Waals surface area contributed by atoms with Gasteiger partial charge in [-0.05, 0) is 12.8 Å². The van der Waals surface area contributed by atoms with E-state index in [1.165, 1.54) is 0 Å². The predicted molar refractivity (Wildman–Crippen MR) is 50.2 cm³/mol. The van der Waals surface area contributed by atoms with E-state index in [0.717, 1.165) is 25.7 Å². The second kappa shape index (κ2) is 4.67. The van der Waals surface area contributed by atoms with Gasteiger partial charge in [0.1, 0.15) is 0 Å². The number of rotatable bonds is 4. The molecule has 0 saturated heterocycles. The largest absolute Gasteiger partial charge is 0.339 e. The van der Waals surface area contributed by atoms with Crippen LogP contribution in [0.25, 0.3) is 0 Å². The first kappa shape index (κ1) is 11.2. The van der Waals surface area contributed by atoms with Crippen LogP contribution in [0.5, 0.6) is 0 Å². The van der Waals surface area contributed by atoms with Crippen LogP contribution in [0.3, 0.4) is 0 Å². The summed E-state index contributed by atoms with van der Waals surface area (Å²) in [5.41, 5.74) is 0. The zero-order valence-electron chi connectivity index (χ0n) is 8.66. The standard InChI is InChI=1S/C10H12F2N2O2/c11-9(12)7(15)5-8-13-10(14-16-8)6-3-1-2-4-6/h6,9H,1-5H2. The van der Waals surface area contributed by atoms with Crippen LogP contribution in [0.1, 0.15) is 43.3 Å². The van der Waals surface area contributed by atoms with Gasteiger partial charge in [-0.25, -0.2) is 8.78 Å². The van der Waals surface area contributed by atoms with Crippen LogP contribution in [-0.4, -0.2) is 22.3 Å². The Bertz CT molecular complexity index is 373. The number of hydrogen-bond donors (Lipinski definition) is 0. The van der Waals surface area contributed by atoms with Crippen molar-refractivity contribution in [2.24, 2.45) is 0 Å².